The molecule has 0 amide bonds. The molecule has 0 N–H and O–H groups in total. The third kappa shape index (κ3) is 5.60. The lowest BCUT2D eigenvalue weighted by molar-refractivity contribution is -0.188. The molecule has 4 heteroatoms. The van der Waals surface area contributed by atoms with Gasteiger partial charge < -0.3 is 0 Å². The molecule has 0 aromatic heterocycles. The molecule has 0 bridgehead atoms. The predicted molar refractivity (Wildman–Crippen MR) is 128 cm³/mol. The van der Waals surface area contributed by atoms with Crippen molar-refractivity contribution in [2.24, 2.45) is 0 Å². The fraction of sp³-hybridized carbons (Fsp3) is 0.333. The minimum absolute atomic E-state index is 0.103. The number of alkyl halides is 4. The van der Waals surface area contributed by atoms with E-state index in [0.717, 1.165) is 40.4 Å². The molecular formula is C27H28BrF3. The Balaban J connectivity index is 1.86. The van der Waals surface area contributed by atoms with E-state index in [1.807, 2.05) is 24.3 Å². The Morgan fingerprint density at radius 2 is 1.26 bits per heavy atom. The maximum atomic E-state index is 14.0. The summed E-state index contributed by atoms with van der Waals surface area (Å²) < 4.78 is 41.9. The van der Waals surface area contributed by atoms with Crippen LogP contribution in [-0.2, 0) is 5.41 Å². The third-order valence-corrected chi connectivity index (χ3v) is 6.60. The molecule has 0 heterocycles. The van der Waals surface area contributed by atoms with Crippen molar-refractivity contribution in [1.29, 1.82) is 0 Å². The molecule has 0 saturated carbocycles. The maximum Gasteiger partial charge on any atom is 0.398 e. The van der Waals surface area contributed by atoms with Crippen molar-refractivity contribution in [3.8, 4) is 22.3 Å². The van der Waals surface area contributed by atoms with Crippen molar-refractivity contribution in [3.63, 3.8) is 0 Å². The average Bonchev–Trinajstić information content (AvgIpc) is 2.76. The smallest absolute Gasteiger partial charge is 0.170 e. The fourth-order valence-corrected chi connectivity index (χ4v) is 4.25. The van der Waals surface area contributed by atoms with Crippen LogP contribution >= 0.6 is 15.9 Å². The zero-order chi connectivity index (χ0) is 22.5. The van der Waals surface area contributed by atoms with Gasteiger partial charge in [-0.15, -0.1) is 0 Å². The van der Waals surface area contributed by atoms with Gasteiger partial charge in [-0.3, -0.25) is 0 Å². The van der Waals surface area contributed by atoms with Crippen LogP contribution in [0.3, 0.4) is 0 Å². The summed E-state index contributed by atoms with van der Waals surface area (Å²) in [6, 6.07) is 23.4. The number of hydrogen-bond acceptors (Lipinski definition) is 0. The van der Waals surface area contributed by atoms with Gasteiger partial charge in [-0.2, -0.15) is 13.2 Å². The van der Waals surface area contributed by atoms with Crippen molar-refractivity contribution in [2.45, 2.75) is 51.1 Å². The van der Waals surface area contributed by atoms with E-state index in [-0.39, 0.29) is 6.42 Å². The van der Waals surface area contributed by atoms with Crippen LogP contribution in [0.1, 0.15) is 43.7 Å². The summed E-state index contributed by atoms with van der Waals surface area (Å²) in [7, 11) is 0. The monoisotopic (exact) mass is 488 g/mol. The van der Waals surface area contributed by atoms with Gasteiger partial charge in [0.05, 0.1) is 5.41 Å². The first-order valence-corrected chi connectivity index (χ1v) is 11.8. The third-order valence-electron chi connectivity index (χ3n) is 6.04. The molecular weight excluding hydrogens is 461 g/mol. The molecule has 0 saturated heterocycles. The molecule has 0 radical (unpaired) electrons. The molecule has 3 aromatic carbocycles. The molecule has 3 rings (SSSR count). The lowest BCUT2D eigenvalue weighted by Gasteiger charge is -2.33. The summed E-state index contributed by atoms with van der Waals surface area (Å²) in [4.78, 5) is 0. The van der Waals surface area contributed by atoms with E-state index in [1.165, 1.54) is 12.5 Å². The van der Waals surface area contributed by atoms with Crippen LogP contribution < -0.4 is 0 Å². The van der Waals surface area contributed by atoms with Gasteiger partial charge >= 0.3 is 6.18 Å². The maximum absolute atomic E-state index is 14.0. The van der Waals surface area contributed by atoms with Crippen LogP contribution in [0, 0.1) is 6.92 Å². The van der Waals surface area contributed by atoms with E-state index in [4.69, 9.17) is 0 Å². The quantitative estimate of drug-likeness (QED) is 0.219. The summed E-state index contributed by atoms with van der Waals surface area (Å²) >= 11 is 3.35. The number of rotatable bonds is 8. The van der Waals surface area contributed by atoms with Gasteiger partial charge in [-0.1, -0.05) is 101 Å². The Kier molecular flexibility index (Phi) is 7.64. The van der Waals surface area contributed by atoms with Crippen LogP contribution in [0.15, 0.2) is 72.8 Å². The molecule has 0 aliphatic heterocycles. The van der Waals surface area contributed by atoms with Gasteiger partial charge in [0.1, 0.15) is 0 Å². The molecule has 0 fully saturated rings. The highest BCUT2D eigenvalue weighted by molar-refractivity contribution is 9.09. The van der Waals surface area contributed by atoms with Gasteiger partial charge in [0.25, 0.3) is 0 Å². The second-order valence-electron chi connectivity index (χ2n) is 8.35. The lowest BCUT2D eigenvalue weighted by atomic mass is 9.77. The van der Waals surface area contributed by atoms with Crippen molar-refractivity contribution in [2.75, 3.05) is 5.33 Å². The first kappa shape index (κ1) is 23.6. The zero-order valence-electron chi connectivity index (χ0n) is 18.0. The van der Waals surface area contributed by atoms with Crippen molar-refractivity contribution in [1.82, 2.24) is 0 Å². The largest absolute Gasteiger partial charge is 0.398 e. The summed E-state index contributed by atoms with van der Waals surface area (Å²) in [5.74, 6) is 0. The van der Waals surface area contributed by atoms with E-state index in [9.17, 15) is 13.2 Å². The Morgan fingerprint density at radius 1 is 0.710 bits per heavy atom. The lowest BCUT2D eigenvalue weighted by Crippen LogP contribution is -2.39. The van der Waals surface area contributed by atoms with Crippen LogP contribution in [0.5, 0.6) is 0 Å². The molecule has 1 unspecified atom stereocenters. The van der Waals surface area contributed by atoms with Gasteiger partial charge in [0.2, 0.25) is 0 Å². The average molecular weight is 489 g/mol. The van der Waals surface area contributed by atoms with Crippen LogP contribution in [-0.4, -0.2) is 11.5 Å². The zero-order valence-corrected chi connectivity index (χ0v) is 19.6. The highest BCUT2D eigenvalue weighted by atomic mass is 79.9. The van der Waals surface area contributed by atoms with Crippen molar-refractivity contribution in [3.05, 3.63) is 83.9 Å². The van der Waals surface area contributed by atoms with Crippen LogP contribution in [0.25, 0.3) is 22.3 Å². The number of benzene rings is 3. The highest BCUT2D eigenvalue weighted by Crippen LogP contribution is 2.45. The van der Waals surface area contributed by atoms with E-state index >= 15 is 0 Å². The van der Waals surface area contributed by atoms with Crippen molar-refractivity contribution >= 4 is 15.9 Å². The number of hydrogen-bond donors (Lipinski definition) is 0. The number of halogens is 4. The summed E-state index contributed by atoms with van der Waals surface area (Å²) in [6.07, 6.45) is -1.94. The molecule has 0 aliphatic carbocycles. The molecule has 3 aromatic rings. The first-order chi connectivity index (χ1) is 14.7. The Morgan fingerprint density at radius 3 is 1.77 bits per heavy atom. The van der Waals surface area contributed by atoms with E-state index < -0.39 is 11.6 Å². The normalized spacial score (nSPS) is 13.7. The van der Waals surface area contributed by atoms with E-state index in [1.54, 1.807) is 12.1 Å². The Bertz CT molecular complexity index is 975. The van der Waals surface area contributed by atoms with Crippen molar-refractivity contribution < 1.29 is 13.2 Å². The molecule has 31 heavy (non-hydrogen) atoms. The van der Waals surface area contributed by atoms with Gasteiger partial charge in [-0.05, 0) is 60.6 Å². The molecule has 1 atom stereocenters. The van der Waals surface area contributed by atoms with Crippen LogP contribution in [0.2, 0.25) is 0 Å². The summed E-state index contributed by atoms with van der Waals surface area (Å²) in [5, 5.41) is 0.825. The van der Waals surface area contributed by atoms with Gasteiger partial charge in [0.15, 0.2) is 0 Å². The summed E-state index contributed by atoms with van der Waals surface area (Å²) in [6.45, 7) is 3.38. The number of aryl methyl sites for hydroxylation is 1. The molecule has 0 nitrogen and oxygen atoms in total. The highest BCUT2D eigenvalue weighted by Gasteiger charge is 2.51. The predicted octanol–water partition coefficient (Wildman–Crippen LogP) is 9.10. The van der Waals surface area contributed by atoms with E-state index in [0.29, 0.717) is 12.0 Å². The molecule has 164 valence electrons. The molecule has 0 spiro atoms. The minimum Gasteiger partial charge on any atom is -0.170 e. The SMILES string of the molecule is Cc1ccc(-c2cccc(-c3ccc(C(C)(CCCCCBr)C(F)(F)F)cc3)c2)cc1. The van der Waals surface area contributed by atoms with E-state index in [2.05, 4.69) is 59.3 Å². The second-order valence-corrected chi connectivity index (χ2v) is 9.15. The standard InChI is InChI=1S/C27H28BrF3/c1-20-9-11-21(12-10-20)23-7-6-8-24(19-23)22-13-15-25(16-14-22)26(2,27(29,30)31)17-4-3-5-18-28/h6-16,19H,3-5,17-18H2,1-2H3. The first-order valence-electron chi connectivity index (χ1n) is 10.7. The second kappa shape index (κ2) is 10.0. The van der Waals surface area contributed by atoms with Gasteiger partial charge in [-0.25, -0.2) is 0 Å². The fourth-order valence-electron chi connectivity index (χ4n) is 3.85. The number of unbranched alkanes of at least 4 members (excludes halogenated alkanes) is 2. The Hall–Kier alpha value is -2.07. The van der Waals surface area contributed by atoms with Gasteiger partial charge in [0, 0.05) is 5.33 Å². The minimum atomic E-state index is -4.28. The molecule has 0 aliphatic rings. The topological polar surface area (TPSA) is 0 Å². The Labute approximate surface area is 191 Å². The van der Waals surface area contributed by atoms with Crippen LogP contribution in [0.4, 0.5) is 13.2 Å². The summed E-state index contributed by atoms with van der Waals surface area (Å²) in [5.41, 5.74) is 3.83.